The zero-order chi connectivity index (χ0) is 10.1. The Morgan fingerprint density at radius 1 is 1.50 bits per heavy atom. The minimum absolute atomic E-state index is 0.203. The topological polar surface area (TPSA) is 69.6 Å². The van der Waals surface area contributed by atoms with Crippen LogP contribution in [-0.2, 0) is 9.59 Å². The number of hydrogen-bond acceptors (Lipinski definition) is 3. The van der Waals surface area contributed by atoms with Crippen LogP contribution in [0.25, 0.3) is 0 Å². The molecule has 2 heterocycles. The lowest BCUT2D eigenvalue weighted by molar-refractivity contribution is -0.148. The highest BCUT2D eigenvalue weighted by Gasteiger charge is 2.40. The largest absolute Gasteiger partial charge is 0.481 e. The second-order valence-electron chi connectivity index (χ2n) is 3.86. The molecule has 2 N–H and O–H groups in total. The van der Waals surface area contributed by atoms with Gasteiger partial charge in [0.25, 0.3) is 0 Å². The van der Waals surface area contributed by atoms with Crippen LogP contribution in [0.4, 0.5) is 0 Å². The Labute approximate surface area is 82.1 Å². The minimum Gasteiger partial charge on any atom is -0.481 e. The summed E-state index contributed by atoms with van der Waals surface area (Å²) in [5.74, 6) is -1.98. The molecule has 1 amide bonds. The number of hydrogen-bond donors (Lipinski definition) is 2. The van der Waals surface area contributed by atoms with Crippen molar-refractivity contribution in [1.82, 2.24) is 10.2 Å². The van der Waals surface area contributed by atoms with Crippen LogP contribution in [0.1, 0.15) is 12.8 Å². The van der Waals surface area contributed by atoms with E-state index in [4.69, 9.17) is 5.11 Å². The molecule has 0 spiro atoms. The second kappa shape index (κ2) is 3.57. The van der Waals surface area contributed by atoms with E-state index >= 15 is 0 Å². The molecule has 2 fully saturated rings. The quantitative estimate of drug-likeness (QED) is 0.575. The van der Waals surface area contributed by atoms with Gasteiger partial charge in [-0.05, 0) is 19.4 Å². The molecule has 0 bridgehead atoms. The second-order valence-corrected chi connectivity index (χ2v) is 3.86. The lowest BCUT2D eigenvalue weighted by Crippen LogP contribution is -2.39. The van der Waals surface area contributed by atoms with Crippen LogP contribution in [-0.4, -0.2) is 47.6 Å². The molecule has 0 aliphatic carbocycles. The Kier molecular flexibility index (Phi) is 2.41. The normalized spacial score (nSPS) is 32.6. The maximum absolute atomic E-state index is 11.7. The molecule has 14 heavy (non-hydrogen) atoms. The van der Waals surface area contributed by atoms with Gasteiger partial charge >= 0.3 is 5.97 Å². The number of likely N-dealkylation sites (tertiary alicyclic amines) is 1. The summed E-state index contributed by atoms with van der Waals surface area (Å²) in [6.07, 6.45) is 1.41. The van der Waals surface area contributed by atoms with Crippen LogP contribution in [0.2, 0.25) is 0 Å². The fourth-order valence-electron chi connectivity index (χ4n) is 2.20. The molecule has 0 aromatic heterocycles. The molecule has 2 aliphatic rings. The van der Waals surface area contributed by atoms with Crippen molar-refractivity contribution in [3.05, 3.63) is 0 Å². The first kappa shape index (κ1) is 9.45. The van der Waals surface area contributed by atoms with Crippen LogP contribution in [0.5, 0.6) is 0 Å². The van der Waals surface area contributed by atoms with Gasteiger partial charge in [-0.3, -0.25) is 9.59 Å². The number of carbonyl (C=O) groups is 2. The predicted molar refractivity (Wildman–Crippen MR) is 48.7 cm³/mol. The molecule has 2 rings (SSSR count). The van der Waals surface area contributed by atoms with Gasteiger partial charge in [0.2, 0.25) is 5.91 Å². The van der Waals surface area contributed by atoms with Crippen LogP contribution in [0.3, 0.4) is 0 Å². The van der Waals surface area contributed by atoms with E-state index in [0.29, 0.717) is 13.0 Å². The van der Waals surface area contributed by atoms with Gasteiger partial charge in [-0.2, -0.15) is 0 Å². The maximum atomic E-state index is 11.7. The van der Waals surface area contributed by atoms with Crippen molar-refractivity contribution in [3.8, 4) is 0 Å². The average molecular weight is 198 g/mol. The highest BCUT2D eigenvalue weighted by atomic mass is 16.4. The van der Waals surface area contributed by atoms with E-state index in [0.717, 1.165) is 19.5 Å². The van der Waals surface area contributed by atoms with Crippen LogP contribution in [0, 0.1) is 5.92 Å². The van der Waals surface area contributed by atoms with Gasteiger partial charge in [0.05, 0.1) is 0 Å². The SMILES string of the molecule is O=C(O)C1CCN(C2CCNC2)C1=O. The van der Waals surface area contributed by atoms with Crippen molar-refractivity contribution in [3.63, 3.8) is 0 Å². The Balaban J connectivity index is 2.02. The number of nitrogens with one attached hydrogen (secondary N) is 1. The number of carboxylic acids is 1. The summed E-state index contributed by atoms with van der Waals surface area (Å²) in [7, 11) is 0. The van der Waals surface area contributed by atoms with Crippen LogP contribution >= 0.6 is 0 Å². The summed E-state index contributed by atoms with van der Waals surface area (Å²) >= 11 is 0. The molecule has 2 saturated heterocycles. The number of rotatable bonds is 2. The highest BCUT2D eigenvalue weighted by molar-refractivity contribution is 5.98. The first-order valence-corrected chi connectivity index (χ1v) is 4.94. The number of carbonyl (C=O) groups excluding carboxylic acids is 1. The van der Waals surface area contributed by atoms with Crippen LogP contribution < -0.4 is 5.32 Å². The predicted octanol–water partition coefficient (Wildman–Crippen LogP) is -0.719. The van der Waals surface area contributed by atoms with Gasteiger partial charge in [0.15, 0.2) is 0 Å². The molecule has 78 valence electrons. The zero-order valence-corrected chi connectivity index (χ0v) is 7.90. The van der Waals surface area contributed by atoms with E-state index < -0.39 is 11.9 Å². The molecule has 5 nitrogen and oxygen atoms in total. The summed E-state index contributed by atoms with van der Waals surface area (Å²) in [6, 6.07) is 0.215. The van der Waals surface area contributed by atoms with Gasteiger partial charge in [-0.1, -0.05) is 0 Å². The molecule has 0 aromatic rings. The first-order valence-electron chi connectivity index (χ1n) is 4.94. The maximum Gasteiger partial charge on any atom is 0.316 e. The third kappa shape index (κ3) is 1.48. The van der Waals surface area contributed by atoms with Crippen molar-refractivity contribution in [2.24, 2.45) is 5.92 Å². The summed E-state index contributed by atoms with van der Waals surface area (Å²) in [5.41, 5.74) is 0. The summed E-state index contributed by atoms with van der Waals surface area (Å²) in [5, 5.41) is 12.0. The number of amides is 1. The summed E-state index contributed by atoms with van der Waals surface area (Å²) in [6.45, 7) is 2.33. The Morgan fingerprint density at radius 3 is 2.79 bits per heavy atom. The zero-order valence-electron chi connectivity index (χ0n) is 7.90. The molecule has 2 aliphatic heterocycles. The van der Waals surface area contributed by atoms with Crippen molar-refractivity contribution in [2.45, 2.75) is 18.9 Å². The average Bonchev–Trinajstić information content (AvgIpc) is 2.71. The van der Waals surface area contributed by atoms with E-state index in [-0.39, 0.29) is 11.9 Å². The van der Waals surface area contributed by atoms with E-state index in [1.54, 1.807) is 4.90 Å². The third-order valence-electron chi connectivity index (χ3n) is 3.01. The fourth-order valence-corrected chi connectivity index (χ4v) is 2.20. The molecule has 0 radical (unpaired) electrons. The fraction of sp³-hybridized carbons (Fsp3) is 0.778. The van der Waals surface area contributed by atoms with Gasteiger partial charge in [0.1, 0.15) is 5.92 Å². The standard InChI is InChI=1S/C9H14N2O3/c12-8-7(9(13)14)2-4-11(8)6-1-3-10-5-6/h6-7,10H,1-5H2,(H,13,14). The van der Waals surface area contributed by atoms with Gasteiger partial charge < -0.3 is 15.3 Å². The minimum atomic E-state index is -0.983. The smallest absolute Gasteiger partial charge is 0.316 e. The van der Waals surface area contributed by atoms with Crippen molar-refractivity contribution < 1.29 is 14.7 Å². The number of nitrogens with zero attached hydrogens (tertiary/aromatic N) is 1. The Hall–Kier alpha value is -1.10. The van der Waals surface area contributed by atoms with E-state index in [1.165, 1.54) is 0 Å². The van der Waals surface area contributed by atoms with Gasteiger partial charge in [-0.15, -0.1) is 0 Å². The van der Waals surface area contributed by atoms with Crippen LogP contribution in [0.15, 0.2) is 0 Å². The highest BCUT2D eigenvalue weighted by Crippen LogP contribution is 2.22. The number of carboxylic acid groups (broad SMARTS) is 1. The number of aliphatic carboxylic acids is 1. The molecular formula is C9H14N2O3. The Morgan fingerprint density at radius 2 is 2.29 bits per heavy atom. The molecule has 0 saturated carbocycles. The molecular weight excluding hydrogens is 184 g/mol. The van der Waals surface area contributed by atoms with Gasteiger partial charge in [0, 0.05) is 19.1 Å². The monoisotopic (exact) mass is 198 g/mol. The lowest BCUT2D eigenvalue weighted by atomic mass is 10.1. The van der Waals surface area contributed by atoms with Crippen molar-refractivity contribution >= 4 is 11.9 Å². The molecule has 2 atom stereocenters. The van der Waals surface area contributed by atoms with Crippen molar-refractivity contribution in [1.29, 1.82) is 0 Å². The Bertz CT molecular complexity index is 261. The molecule has 5 heteroatoms. The van der Waals surface area contributed by atoms with Crippen molar-refractivity contribution in [2.75, 3.05) is 19.6 Å². The molecule has 2 unspecified atom stereocenters. The first-order chi connectivity index (χ1) is 6.70. The van der Waals surface area contributed by atoms with E-state index in [2.05, 4.69) is 5.32 Å². The summed E-state index contributed by atoms with van der Waals surface area (Å²) in [4.78, 5) is 24.1. The lowest BCUT2D eigenvalue weighted by Gasteiger charge is -2.22. The summed E-state index contributed by atoms with van der Waals surface area (Å²) < 4.78 is 0. The molecule has 0 aromatic carbocycles. The van der Waals surface area contributed by atoms with E-state index in [9.17, 15) is 9.59 Å². The van der Waals surface area contributed by atoms with E-state index in [1.807, 2.05) is 0 Å². The van der Waals surface area contributed by atoms with Gasteiger partial charge in [-0.25, -0.2) is 0 Å². The third-order valence-corrected chi connectivity index (χ3v) is 3.01.